The number of hydrogen-bond donors (Lipinski definition) is 2. The van der Waals surface area contributed by atoms with Crippen LogP contribution in [-0.2, 0) is 9.53 Å². The minimum atomic E-state index is -1.21. The number of carboxylic acid groups (broad SMARTS) is 1. The third-order valence-corrected chi connectivity index (χ3v) is 3.06. The van der Waals surface area contributed by atoms with Crippen LogP contribution in [0.5, 0.6) is 0 Å². The summed E-state index contributed by atoms with van der Waals surface area (Å²) in [7, 11) is 0. The van der Waals surface area contributed by atoms with Gasteiger partial charge in [0.1, 0.15) is 11.1 Å². The molecule has 5 nitrogen and oxygen atoms in total. The van der Waals surface area contributed by atoms with Gasteiger partial charge in [-0.1, -0.05) is 39.5 Å². The molecule has 0 saturated carbocycles. The average Bonchev–Trinajstić information content (AvgIpc) is 2.30. The van der Waals surface area contributed by atoms with Crippen molar-refractivity contribution in [2.75, 3.05) is 0 Å². The first-order valence-corrected chi connectivity index (χ1v) is 7.41. The molecule has 2 N–H and O–H groups in total. The molecule has 0 atom stereocenters. The van der Waals surface area contributed by atoms with Crippen molar-refractivity contribution in [1.29, 1.82) is 0 Å². The minimum Gasteiger partial charge on any atom is -0.480 e. The molecule has 0 spiro atoms. The fourth-order valence-corrected chi connectivity index (χ4v) is 1.97. The van der Waals surface area contributed by atoms with Crippen LogP contribution in [0.4, 0.5) is 4.79 Å². The molecule has 0 aliphatic heterocycles. The highest BCUT2D eigenvalue weighted by Crippen LogP contribution is 2.23. The van der Waals surface area contributed by atoms with Crippen molar-refractivity contribution in [2.24, 2.45) is 0 Å². The Morgan fingerprint density at radius 3 is 1.80 bits per heavy atom. The van der Waals surface area contributed by atoms with Gasteiger partial charge in [0.05, 0.1) is 0 Å². The average molecular weight is 287 g/mol. The van der Waals surface area contributed by atoms with Crippen LogP contribution in [0.2, 0.25) is 0 Å². The highest BCUT2D eigenvalue weighted by molar-refractivity contribution is 5.84. The summed E-state index contributed by atoms with van der Waals surface area (Å²) in [6.07, 6.45) is 3.48. The van der Waals surface area contributed by atoms with Crippen LogP contribution in [0, 0.1) is 0 Å². The number of carbonyl (C=O) groups excluding carboxylic acids is 1. The first-order valence-electron chi connectivity index (χ1n) is 7.41. The molecule has 0 aliphatic carbocycles. The second kappa shape index (κ2) is 8.12. The fourth-order valence-electron chi connectivity index (χ4n) is 1.97. The van der Waals surface area contributed by atoms with E-state index in [9.17, 15) is 14.7 Å². The number of aliphatic carboxylic acids is 1. The van der Waals surface area contributed by atoms with Gasteiger partial charge < -0.3 is 15.2 Å². The molecule has 0 heterocycles. The molecule has 20 heavy (non-hydrogen) atoms. The van der Waals surface area contributed by atoms with E-state index in [1.54, 1.807) is 20.8 Å². The summed E-state index contributed by atoms with van der Waals surface area (Å²) in [5, 5.41) is 12.1. The molecule has 0 radical (unpaired) electrons. The molecule has 0 bridgehead atoms. The molecule has 0 unspecified atom stereocenters. The normalized spacial score (nSPS) is 12.1. The SMILES string of the molecule is CCCCC(CCCC)(NC(=O)OC(C)(C)C)C(=O)O. The van der Waals surface area contributed by atoms with Gasteiger partial charge >= 0.3 is 12.1 Å². The molecule has 0 aromatic rings. The maximum Gasteiger partial charge on any atom is 0.408 e. The number of nitrogens with one attached hydrogen (secondary N) is 1. The Bertz CT molecular complexity index is 312. The zero-order valence-corrected chi connectivity index (χ0v) is 13.4. The van der Waals surface area contributed by atoms with Crippen LogP contribution in [0.3, 0.4) is 0 Å². The molecule has 1 amide bonds. The first kappa shape index (κ1) is 18.7. The first-order chi connectivity index (χ1) is 9.17. The van der Waals surface area contributed by atoms with Gasteiger partial charge in [0, 0.05) is 0 Å². The molecular weight excluding hydrogens is 258 g/mol. The lowest BCUT2D eigenvalue weighted by atomic mass is 9.87. The molecule has 118 valence electrons. The number of amides is 1. The van der Waals surface area contributed by atoms with E-state index in [4.69, 9.17) is 4.74 Å². The van der Waals surface area contributed by atoms with E-state index in [0.717, 1.165) is 25.7 Å². The largest absolute Gasteiger partial charge is 0.480 e. The number of carbonyl (C=O) groups is 2. The molecule has 0 saturated heterocycles. The summed E-state index contributed by atoms with van der Waals surface area (Å²) in [4.78, 5) is 23.6. The van der Waals surface area contributed by atoms with Crippen molar-refractivity contribution in [1.82, 2.24) is 5.32 Å². The van der Waals surface area contributed by atoms with Crippen LogP contribution in [0.15, 0.2) is 0 Å². The van der Waals surface area contributed by atoms with Gasteiger partial charge in [0.15, 0.2) is 0 Å². The van der Waals surface area contributed by atoms with Crippen LogP contribution >= 0.6 is 0 Å². The Balaban J connectivity index is 4.97. The van der Waals surface area contributed by atoms with Gasteiger partial charge in [0.25, 0.3) is 0 Å². The standard InChI is InChI=1S/C15H29NO4/c1-6-8-10-15(12(17)18,11-9-7-2)16-13(19)20-14(3,4)5/h6-11H2,1-5H3,(H,16,19)(H,17,18). The van der Waals surface area contributed by atoms with E-state index in [2.05, 4.69) is 5.32 Å². The van der Waals surface area contributed by atoms with Crippen molar-refractivity contribution in [3.8, 4) is 0 Å². The van der Waals surface area contributed by atoms with Crippen molar-refractivity contribution >= 4 is 12.1 Å². The number of rotatable bonds is 8. The monoisotopic (exact) mass is 287 g/mol. The Kier molecular flexibility index (Phi) is 7.61. The molecule has 0 fully saturated rings. The Morgan fingerprint density at radius 2 is 1.50 bits per heavy atom. The third kappa shape index (κ3) is 6.78. The Labute approximate surface area is 122 Å². The maximum absolute atomic E-state index is 11.9. The van der Waals surface area contributed by atoms with Gasteiger partial charge in [-0.05, 0) is 33.6 Å². The van der Waals surface area contributed by atoms with E-state index in [-0.39, 0.29) is 0 Å². The van der Waals surface area contributed by atoms with Crippen molar-refractivity contribution in [3.05, 3.63) is 0 Å². The molecule has 5 heteroatoms. The van der Waals surface area contributed by atoms with Gasteiger partial charge in [-0.25, -0.2) is 9.59 Å². The zero-order chi connectivity index (χ0) is 15.8. The molecular formula is C15H29NO4. The van der Waals surface area contributed by atoms with Crippen molar-refractivity contribution in [2.45, 2.75) is 84.3 Å². The van der Waals surface area contributed by atoms with Crippen molar-refractivity contribution < 1.29 is 19.4 Å². The van der Waals surface area contributed by atoms with Gasteiger partial charge in [-0.15, -0.1) is 0 Å². The zero-order valence-electron chi connectivity index (χ0n) is 13.4. The maximum atomic E-state index is 11.9. The summed E-state index contributed by atoms with van der Waals surface area (Å²) < 4.78 is 5.19. The quantitative estimate of drug-likeness (QED) is 0.713. The lowest BCUT2D eigenvalue weighted by Gasteiger charge is -2.32. The molecule has 0 aliphatic rings. The van der Waals surface area contributed by atoms with Crippen LogP contribution in [-0.4, -0.2) is 28.3 Å². The molecule has 0 aromatic heterocycles. The molecule has 0 rings (SSSR count). The molecule has 0 aromatic carbocycles. The highest BCUT2D eigenvalue weighted by Gasteiger charge is 2.39. The summed E-state index contributed by atoms with van der Waals surface area (Å²) >= 11 is 0. The Hall–Kier alpha value is -1.26. The van der Waals surface area contributed by atoms with Crippen LogP contribution < -0.4 is 5.32 Å². The predicted molar refractivity (Wildman–Crippen MR) is 78.8 cm³/mol. The summed E-state index contributed by atoms with van der Waals surface area (Å²) in [5.74, 6) is -0.981. The fraction of sp³-hybridized carbons (Fsp3) is 0.867. The van der Waals surface area contributed by atoms with E-state index in [1.807, 2.05) is 13.8 Å². The highest BCUT2D eigenvalue weighted by atomic mass is 16.6. The summed E-state index contributed by atoms with van der Waals surface area (Å²) in [5.41, 5.74) is -1.85. The lowest BCUT2D eigenvalue weighted by molar-refractivity contribution is -0.145. The number of carboxylic acids is 1. The van der Waals surface area contributed by atoms with E-state index in [1.165, 1.54) is 0 Å². The number of unbranched alkanes of at least 4 members (excludes halogenated alkanes) is 2. The number of ether oxygens (including phenoxy) is 1. The topological polar surface area (TPSA) is 75.6 Å². The van der Waals surface area contributed by atoms with E-state index in [0.29, 0.717) is 12.8 Å². The van der Waals surface area contributed by atoms with E-state index < -0.39 is 23.2 Å². The van der Waals surface area contributed by atoms with Crippen molar-refractivity contribution in [3.63, 3.8) is 0 Å². The van der Waals surface area contributed by atoms with Crippen LogP contribution in [0.25, 0.3) is 0 Å². The second-order valence-corrected chi connectivity index (χ2v) is 6.22. The minimum absolute atomic E-state index is 0.429. The summed E-state index contributed by atoms with van der Waals surface area (Å²) in [6, 6.07) is 0. The number of alkyl carbamates (subject to hydrolysis) is 1. The summed E-state index contributed by atoms with van der Waals surface area (Å²) in [6.45, 7) is 9.27. The number of hydrogen-bond acceptors (Lipinski definition) is 3. The second-order valence-electron chi connectivity index (χ2n) is 6.22. The van der Waals surface area contributed by atoms with Gasteiger partial charge in [-0.3, -0.25) is 0 Å². The van der Waals surface area contributed by atoms with Gasteiger partial charge in [-0.2, -0.15) is 0 Å². The van der Waals surface area contributed by atoms with Gasteiger partial charge in [0.2, 0.25) is 0 Å². The predicted octanol–water partition coefficient (Wildman–Crippen LogP) is 3.71. The lowest BCUT2D eigenvalue weighted by Crippen LogP contribution is -2.55. The third-order valence-electron chi connectivity index (χ3n) is 3.06. The van der Waals surface area contributed by atoms with E-state index >= 15 is 0 Å². The Morgan fingerprint density at radius 1 is 1.05 bits per heavy atom. The smallest absolute Gasteiger partial charge is 0.408 e. The van der Waals surface area contributed by atoms with Crippen LogP contribution in [0.1, 0.15) is 73.1 Å².